The zero-order valence-corrected chi connectivity index (χ0v) is 13.3. The smallest absolute Gasteiger partial charge is 0.262 e. The molecule has 1 heterocycles. The molecule has 0 aliphatic carbocycles. The van der Waals surface area contributed by atoms with Crippen molar-refractivity contribution in [3.8, 4) is 11.5 Å². The second kappa shape index (κ2) is 7.04. The first-order valence-electron chi connectivity index (χ1n) is 7.76. The molecule has 124 valence electrons. The molecule has 0 aromatic heterocycles. The Morgan fingerprint density at radius 1 is 1.25 bits per heavy atom. The second-order valence-corrected chi connectivity index (χ2v) is 5.37. The van der Waals surface area contributed by atoms with Gasteiger partial charge in [0.1, 0.15) is 11.5 Å². The molecule has 0 fully saturated rings. The number of amides is 2. The van der Waals surface area contributed by atoms with Crippen molar-refractivity contribution in [2.45, 2.75) is 13.3 Å². The maximum absolute atomic E-state index is 12.3. The van der Waals surface area contributed by atoms with E-state index in [9.17, 15) is 9.59 Å². The van der Waals surface area contributed by atoms with E-state index in [-0.39, 0.29) is 18.4 Å². The van der Waals surface area contributed by atoms with Gasteiger partial charge in [-0.25, -0.2) is 0 Å². The van der Waals surface area contributed by atoms with E-state index in [4.69, 9.17) is 9.47 Å². The Hall–Kier alpha value is -3.02. The minimum Gasteiger partial charge on any atom is -0.494 e. The SMILES string of the molecule is CCCOc1ccc(C(=O)Nc2ccc3c(c2)NC(=O)CO3)cc1. The van der Waals surface area contributed by atoms with Gasteiger partial charge in [-0.05, 0) is 48.9 Å². The van der Waals surface area contributed by atoms with Gasteiger partial charge in [0.25, 0.3) is 11.8 Å². The minimum absolute atomic E-state index is 0.00512. The topological polar surface area (TPSA) is 76.7 Å². The van der Waals surface area contributed by atoms with E-state index in [2.05, 4.69) is 10.6 Å². The van der Waals surface area contributed by atoms with E-state index in [1.165, 1.54) is 0 Å². The summed E-state index contributed by atoms with van der Waals surface area (Å²) in [6.07, 6.45) is 0.931. The summed E-state index contributed by atoms with van der Waals surface area (Å²) in [6.45, 7) is 2.69. The molecule has 2 aromatic carbocycles. The summed E-state index contributed by atoms with van der Waals surface area (Å²) in [6, 6.07) is 12.1. The Morgan fingerprint density at radius 2 is 2.04 bits per heavy atom. The van der Waals surface area contributed by atoms with Gasteiger partial charge < -0.3 is 20.1 Å². The van der Waals surface area contributed by atoms with Gasteiger partial charge in [-0.1, -0.05) is 6.92 Å². The Kier molecular flexibility index (Phi) is 4.65. The van der Waals surface area contributed by atoms with E-state index in [0.717, 1.165) is 12.2 Å². The molecule has 6 heteroatoms. The molecule has 0 spiro atoms. The molecule has 1 aliphatic heterocycles. The lowest BCUT2D eigenvalue weighted by Crippen LogP contribution is -2.25. The zero-order chi connectivity index (χ0) is 16.9. The highest BCUT2D eigenvalue weighted by Gasteiger charge is 2.16. The Balaban J connectivity index is 1.68. The van der Waals surface area contributed by atoms with E-state index in [0.29, 0.717) is 29.3 Å². The average molecular weight is 326 g/mol. The average Bonchev–Trinajstić information content (AvgIpc) is 2.60. The summed E-state index contributed by atoms with van der Waals surface area (Å²) in [5.41, 5.74) is 1.65. The summed E-state index contributed by atoms with van der Waals surface area (Å²) in [5, 5.41) is 5.51. The number of hydrogen-bond acceptors (Lipinski definition) is 4. The number of fused-ring (bicyclic) bond motifs is 1. The lowest BCUT2D eigenvalue weighted by Gasteiger charge is -2.18. The van der Waals surface area contributed by atoms with Crippen LogP contribution in [0.2, 0.25) is 0 Å². The van der Waals surface area contributed by atoms with Gasteiger partial charge in [0.15, 0.2) is 6.61 Å². The first kappa shape index (κ1) is 15.9. The largest absolute Gasteiger partial charge is 0.494 e. The van der Waals surface area contributed by atoms with Crippen LogP contribution in [0.15, 0.2) is 42.5 Å². The maximum Gasteiger partial charge on any atom is 0.262 e. The number of carbonyl (C=O) groups is 2. The van der Waals surface area contributed by atoms with Crippen molar-refractivity contribution in [1.82, 2.24) is 0 Å². The fourth-order valence-corrected chi connectivity index (χ4v) is 2.29. The van der Waals surface area contributed by atoms with Crippen LogP contribution in [-0.2, 0) is 4.79 Å². The summed E-state index contributed by atoms with van der Waals surface area (Å²) in [5.74, 6) is 0.876. The molecular formula is C18H18N2O4. The maximum atomic E-state index is 12.3. The minimum atomic E-state index is -0.236. The predicted octanol–water partition coefficient (Wildman–Crippen LogP) is 3.06. The third-order valence-corrected chi connectivity index (χ3v) is 3.46. The van der Waals surface area contributed by atoms with Crippen LogP contribution in [0.4, 0.5) is 11.4 Å². The van der Waals surface area contributed by atoms with Crippen LogP contribution in [0.1, 0.15) is 23.7 Å². The highest BCUT2D eigenvalue weighted by molar-refractivity contribution is 6.05. The fourth-order valence-electron chi connectivity index (χ4n) is 2.29. The van der Waals surface area contributed by atoms with Crippen LogP contribution >= 0.6 is 0 Å². The van der Waals surface area contributed by atoms with E-state index >= 15 is 0 Å². The molecule has 24 heavy (non-hydrogen) atoms. The highest BCUT2D eigenvalue weighted by atomic mass is 16.5. The summed E-state index contributed by atoms with van der Waals surface area (Å²) in [7, 11) is 0. The van der Waals surface area contributed by atoms with Crippen molar-refractivity contribution >= 4 is 23.2 Å². The van der Waals surface area contributed by atoms with Crippen molar-refractivity contribution < 1.29 is 19.1 Å². The molecule has 0 atom stereocenters. The van der Waals surface area contributed by atoms with Crippen LogP contribution in [0, 0.1) is 0 Å². The van der Waals surface area contributed by atoms with Gasteiger partial charge in [0.05, 0.1) is 12.3 Å². The van der Waals surface area contributed by atoms with Crippen LogP contribution in [0.5, 0.6) is 11.5 Å². The van der Waals surface area contributed by atoms with Crippen LogP contribution in [0.3, 0.4) is 0 Å². The fraction of sp³-hybridized carbons (Fsp3) is 0.222. The molecule has 0 saturated carbocycles. The highest BCUT2D eigenvalue weighted by Crippen LogP contribution is 2.30. The zero-order valence-electron chi connectivity index (χ0n) is 13.3. The van der Waals surface area contributed by atoms with E-state index in [1.807, 2.05) is 6.92 Å². The normalized spacial score (nSPS) is 12.6. The molecule has 0 radical (unpaired) electrons. The number of rotatable bonds is 5. The first-order chi connectivity index (χ1) is 11.7. The van der Waals surface area contributed by atoms with Crippen LogP contribution in [-0.4, -0.2) is 25.0 Å². The molecule has 2 amide bonds. The molecule has 2 N–H and O–H groups in total. The molecular weight excluding hydrogens is 308 g/mol. The Bertz CT molecular complexity index is 756. The number of carbonyl (C=O) groups excluding carboxylic acids is 2. The standard InChI is InChI=1S/C18H18N2O4/c1-2-9-23-14-6-3-12(4-7-14)18(22)19-13-5-8-16-15(10-13)20-17(21)11-24-16/h3-8,10H,2,9,11H2,1H3,(H,19,22)(H,20,21). The van der Waals surface area contributed by atoms with Gasteiger partial charge in [0, 0.05) is 11.3 Å². The van der Waals surface area contributed by atoms with E-state index in [1.54, 1.807) is 42.5 Å². The van der Waals surface area contributed by atoms with Crippen molar-refractivity contribution in [3.05, 3.63) is 48.0 Å². The lowest BCUT2D eigenvalue weighted by molar-refractivity contribution is -0.118. The molecule has 6 nitrogen and oxygen atoms in total. The summed E-state index contributed by atoms with van der Waals surface area (Å²) < 4.78 is 10.8. The monoisotopic (exact) mass is 326 g/mol. The molecule has 3 rings (SSSR count). The van der Waals surface area contributed by atoms with Crippen molar-refractivity contribution in [1.29, 1.82) is 0 Å². The number of ether oxygens (including phenoxy) is 2. The Morgan fingerprint density at radius 3 is 2.79 bits per heavy atom. The van der Waals surface area contributed by atoms with Gasteiger partial charge in [-0.15, -0.1) is 0 Å². The van der Waals surface area contributed by atoms with Crippen molar-refractivity contribution in [3.63, 3.8) is 0 Å². The number of anilines is 2. The third-order valence-electron chi connectivity index (χ3n) is 3.46. The summed E-state index contributed by atoms with van der Waals surface area (Å²) >= 11 is 0. The number of nitrogens with one attached hydrogen (secondary N) is 2. The van der Waals surface area contributed by atoms with Gasteiger partial charge in [-0.2, -0.15) is 0 Å². The molecule has 2 aromatic rings. The number of hydrogen-bond donors (Lipinski definition) is 2. The van der Waals surface area contributed by atoms with E-state index < -0.39 is 0 Å². The predicted molar refractivity (Wildman–Crippen MR) is 90.7 cm³/mol. The van der Waals surface area contributed by atoms with Gasteiger partial charge in [-0.3, -0.25) is 9.59 Å². The third kappa shape index (κ3) is 3.65. The van der Waals surface area contributed by atoms with Crippen LogP contribution in [0.25, 0.3) is 0 Å². The van der Waals surface area contributed by atoms with Crippen molar-refractivity contribution in [2.75, 3.05) is 23.8 Å². The van der Waals surface area contributed by atoms with Gasteiger partial charge in [0.2, 0.25) is 0 Å². The molecule has 1 aliphatic rings. The molecule has 0 unspecified atom stereocenters. The Labute approximate surface area is 139 Å². The lowest BCUT2D eigenvalue weighted by atomic mass is 10.2. The van der Waals surface area contributed by atoms with Gasteiger partial charge >= 0.3 is 0 Å². The second-order valence-electron chi connectivity index (χ2n) is 5.37. The molecule has 0 bridgehead atoms. The summed E-state index contributed by atoms with van der Waals surface area (Å²) in [4.78, 5) is 23.7. The van der Waals surface area contributed by atoms with Crippen molar-refractivity contribution in [2.24, 2.45) is 0 Å². The molecule has 0 saturated heterocycles. The van der Waals surface area contributed by atoms with Crippen LogP contribution < -0.4 is 20.1 Å². The number of benzene rings is 2. The quantitative estimate of drug-likeness (QED) is 0.885. The first-order valence-corrected chi connectivity index (χ1v) is 7.76.